The summed E-state index contributed by atoms with van der Waals surface area (Å²) in [7, 11) is 0. The molecule has 2 aliphatic rings. The highest BCUT2D eigenvalue weighted by Gasteiger charge is 2.43. The predicted molar refractivity (Wildman–Crippen MR) is 112 cm³/mol. The molecule has 8 heteroatoms. The minimum Gasteiger partial charge on any atom is -0.379 e. The van der Waals surface area contributed by atoms with Gasteiger partial charge in [0.1, 0.15) is 11.4 Å². The molecule has 2 heterocycles. The molecule has 0 radical (unpaired) electrons. The number of carbonyl (C=O) groups is 2. The van der Waals surface area contributed by atoms with Crippen molar-refractivity contribution in [2.45, 2.75) is 25.3 Å². The molecule has 154 valence electrons. The maximum atomic E-state index is 12.9. The fourth-order valence-electron chi connectivity index (χ4n) is 3.47. The number of thioether (sulfide) groups is 1. The number of halogens is 1. The van der Waals surface area contributed by atoms with Gasteiger partial charge >= 0.3 is 0 Å². The van der Waals surface area contributed by atoms with Crippen LogP contribution in [0.3, 0.4) is 0 Å². The van der Waals surface area contributed by atoms with E-state index >= 15 is 0 Å². The average molecular weight is 426 g/mol. The van der Waals surface area contributed by atoms with Crippen LogP contribution in [0.2, 0.25) is 5.02 Å². The first-order valence-electron chi connectivity index (χ1n) is 9.75. The molecule has 2 fully saturated rings. The number of carbonyl (C=O) groups excluding carboxylic acids is 2. The number of amides is 2. The van der Waals surface area contributed by atoms with Gasteiger partial charge in [0.25, 0.3) is 0 Å². The first-order chi connectivity index (χ1) is 13.5. The number of hydrogen-bond acceptors (Lipinski definition) is 5. The number of benzene rings is 1. The topological polar surface area (TPSA) is 61.9 Å². The number of rotatable bonds is 6. The third kappa shape index (κ3) is 5.00. The van der Waals surface area contributed by atoms with Gasteiger partial charge in [0.2, 0.25) is 11.8 Å². The SMILES string of the molecule is CC(C)C(=O)N1C(C(=O)NCCN2CCOCC2)CSC1c1ccccc1Cl. The molecule has 1 N–H and O–H groups in total. The number of hydrogen-bond donors (Lipinski definition) is 1. The van der Waals surface area contributed by atoms with E-state index in [2.05, 4.69) is 10.2 Å². The third-order valence-electron chi connectivity index (χ3n) is 5.05. The maximum absolute atomic E-state index is 12.9. The van der Waals surface area contributed by atoms with Crippen LogP contribution in [-0.2, 0) is 14.3 Å². The van der Waals surface area contributed by atoms with Gasteiger partial charge in [0.05, 0.1) is 13.2 Å². The lowest BCUT2D eigenvalue weighted by molar-refractivity contribution is -0.142. The van der Waals surface area contributed by atoms with Crippen LogP contribution in [0.4, 0.5) is 0 Å². The van der Waals surface area contributed by atoms with Crippen molar-refractivity contribution in [3.8, 4) is 0 Å². The highest BCUT2D eigenvalue weighted by Crippen LogP contribution is 2.44. The van der Waals surface area contributed by atoms with Crippen molar-refractivity contribution in [3.63, 3.8) is 0 Å². The van der Waals surface area contributed by atoms with Crippen molar-refractivity contribution in [2.24, 2.45) is 5.92 Å². The number of morpholine rings is 1. The van der Waals surface area contributed by atoms with Crippen molar-refractivity contribution < 1.29 is 14.3 Å². The second-order valence-corrected chi connectivity index (χ2v) is 8.89. The average Bonchev–Trinajstić information content (AvgIpc) is 3.13. The van der Waals surface area contributed by atoms with E-state index in [-0.39, 0.29) is 23.1 Å². The van der Waals surface area contributed by atoms with Crippen LogP contribution in [0.15, 0.2) is 24.3 Å². The Morgan fingerprint density at radius 3 is 2.68 bits per heavy atom. The van der Waals surface area contributed by atoms with Gasteiger partial charge < -0.3 is 15.0 Å². The standard InChI is InChI=1S/C20H28ClN3O3S/c1-14(2)19(26)24-17(13-28-20(24)15-5-3-4-6-16(15)21)18(25)22-7-8-23-9-11-27-12-10-23/h3-6,14,17,20H,7-13H2,1-2H3,(H,22,25). The zero-order valence-electron chi connectivity index (χ0n) is 16.4. The summed E-state index contributed by atoms with van der Waals surface area (Å²) in [5.74, 6) is 0.262. The van der Waals surface area contributed by atoms with E-state index in [1.165, 1.54) is 0 Å². The lowest BCUT2D eigenvalue weighted by Gasteiger charge is -2.31. The summed E-state index contributed by atoms with van der Waals surface area (Å²) in [6.45, 7) is 8.35. The molecule has 0 bridgehead atoms. The second kappa shape index (κ2) is 9.96. The van der Waals surface area contributed by atoms with Crippen molar-refractivity contribution in [1.29, 1.82) is 0 Å². The van der Waals surface area contributed by atoms with Crippen molar-refractivity contribution in [2.75, 3.05) is 45.1 Å². The van der Waals surface area contributed by atoms with E-state index in [0.717, 1.165) is 38.4 Å². The fourth-order valence-corrected chi connectivity index (χ4v) is 5.25. The molecule has 2 saturated heterocycles. The van der Waals surface area contributed by atoms with Crippen LogP contribution in [-0.4, -0.2) is 72.8 Å². The summed E-state index contributed by atoms with van der Waals surface area (Å²) in [6.07, 6.45) is 0. The monoisotopic (exact) mass is 425 g/mol. The molecule has 0 saturated carbocycles. The Labute approximate surface area is 175 Å². The summed E-state index contributed by atoms with van der Waals surface area (Å²) in [6, 6.07) is 7.06. The minimum absolute atomic E-state index is 0.0248. The molecule has 2 amide bonds. The summed E-state index contributed by atoms with van der Waals surface area (Å²) >= 11 is 7.98. The van der Waals surface area contributed by atoms with Gasteiger partial charge in [-0.3, -0.25) is 14.5 Å². The summed E-state index contributed by atoms with van der Waals surface area (Å²) in [5.41, 5.74) is 0.881. The quantitative estimate of drug-likeness (QED) is 0.758. The van der Waals surface area contributed by atoms with Crippen LogP contribution >= 0.6 is 23.4 Å². The van der Waals surface area contributed by atoms with Gasteiger partial charge in [0, 0.05) is 48.4 Å². The maximum Gasteiger partial charge on any atom is 0.243 e. The van der Waals surface area contributed by atoms with Gasteiger partial charge in [-0.15, -0.1) is 11.8 Å². The molecule has 1 aromatic carbocycles. The Morgan fingerprint density at radius 1 is 1.29 bits per heavy atom. The van der Waals surface area contributed by atoms with Crippen LogP contribution in [0.5, 0.6) is 0 Å². The third-order valence-corrected chi connectivity index (χ3v) is 6.70. The molecule has 2 atom stereocenters. The molecule has 2 unspecified atom stereocenters. The van der Waals surface area contributed by atoms with Gasteiger partial charge in [-0.1, -0.05) is 43.6 Å². The Morgan fingerprint density at radius 2 is 2.00 bits per heavy atom. The lowest BCUT2D eigenvalue weighted by Crippen LogP contribution is -2.50. The summed E-state index contributed by atoms with van der Waals surface area (Å²) in [5, 5.41) is 3.40. The molecule has 1 aromatic rings. The Hall–Kier alpha value is -1.28. The van der Waals surface area contributed by atoms with E-state index in [1.54, 1.807) is 16.7 Å². The molecular weight excluding hydrogens is 398 g/mol. The zero-order valence-corrected chi connectivity index (χ0v) is 18.0. The summed E-state index contributed by atoms with van der Waals surface area (Å²) in [4.78, 5) is 29.8. The van der Waals surface area contributed by atoms with Gasteiger partial charge in [-0.25, -0.2) is 0 Å². The first-order valence-corrected chi connectivity index (χ1v) is 11.2. The molecule has 0 aromatic heterocycles. The van der Waals surface area contributed by atoms with Gasteiger partial charge in [-0.2, -0.15) is 0 Å². The van der Waals surface area contributed by atoms with Crippen molar-refractivity contribution in [3.05, 3.63) is 34.9 Å². The molecule has 0 spiro atoms. The van der Waals surface area contributed by atoms with Crippen LogP contribution in [0, 0.1) is 5.92 Å². The fraction of sp³-hybridized carbons (Fsp3) is 0.600. The van der Waals surface area contributed by atoms with Crippen LogP contribution in [0.25, 0.3) is 0 Å². The number of nitrogens with zero attached hydrogens (tertiary/aromatic N) is 2. The zero-order chi connectivity index (χ0) is 20.1. The van der Waals surface area contributed by atoms with Crippen LogP contribution < -0.4 is 5.32 Å². The molecule has 6 nitrogen and oxygen atoms in total. The van der Waals surface area contributed by atoms with E-state index in [1.807, 2.05) is 38.1 Å². The Bertz CT molecular complexity index is 697. The van der Waals surface area contributed by atoms with E-state index < -0.39 is 6.04 Å². The highest BCUT2D eigenvalue weighted by molar-refractivity contribution is 7.99. The molecule has 2 aliphatic heterocycles. The van der Waals surface area contributed by atoms with Gasteiger partial charge in [-0.05, 0) is 6.07 Å². The van der Waals surface area contributed by atoms with E-state index in [9.17, 15) is 9.59 Å². The van der Waals surface area contributed by atoms with Crippen molar-refractivity contribution in [1.82, 2.24) is 15.1 Å². The Balaban J connectivity index is 1.67. The summed E-state index contributed by atoms with van der Waals surface area (Å²) < 4.78 is 5.35. The number of nitrogens with one attached hydrogen (secondary N) is 1. The van der Waals surface area contributed by atoms with Crippen LogP contribution in [0.1, 0.15) is 24.8 Å². The smallest absolute Gasteiger partial charge is 0.243 e. The Kier molecular flexibility index (Phi) is 7.62. The lowest BCUT2D eigenvalue weighted by atomic mass is 10.1. The first kappa shape index (κ1) is 21.4. The highest BCUT2D eigenvalue weighted by atomic mass is 35.5. The predicted octanol–water partition coefficient (Wildman–Crippen LogP) is 2.39. The van der Waals surface area contributed by atoms with E-state index in [0.29, 0.717) is 17.3 Å². The molecule has 0 aliphatic carbocycles. The molecule has 3 rings (SSSR count). The van der Waals surface area contributed by atoms with Crippen molar-refractivity contribution >= 4 is 35.2 Å². The minimum atomic E-state index is -0.481. The largest absolute Gasteiger partial charge is 0.379 e. The second-order valence-electron chi connectivity index (χ2n) is 7.37. The molecular formula is C20H28ClN3O3S. The van der Waals surface area contributed by atoms with E-state index in [4.69, 9.17) is 16.3 Å². The normalized spacial score (nSPS) is 23.2. The van der Waals surface area contributed by atoms with Gasteiger partial charge in [0.15, 0.2) is 0 Å². The molecule has 28 heavy (non-hydrogen) atoms. The number of ether oxygens (including phenoxy) is 1.